The number of hydrogen-bond donors (Lipinski definition) is 1. The van der Waals surface area contributed by atoms with E-state index in [1.54, 1.807) is 7.11 Å². The molecule has 3 unspecified atom stereocenters. The van der Waals surface area contributed by atoms with Crippen LogP contribution in [0, 0.1) is 0 Å². The molecule has 3 atom stereocenters. The van der Waals surface area contributed by atoms with Gasteiger partial charge in [-0.3, -0.25) is 10.1 Å². The summed E-state index contributed by atoms with van der Waals surface area (Å²) in [6.07, 6.45) is 0.479. The van der Waals surface area contributed by atoms with Crippen LogP contribution in [0.2, 0.25) is 0 Å². The predicted molar refractivity (Wildman–Crippen MR) is 75.2 cm³/mol. The first-order chi connectivity index (χ1) is 8.75. The largest absolute Gasteiger partial charge is 0.468 e. The minimum absolute atomic E-state index is 0.000877. The van der Waals surface area contributed by atoms with Crippen LogP contribution < -0.4 is 5.32 Å². The highest BCUT2D eigenvalue weighted by atomic mass is 16.5. The van der Waals surface area contributed by atoms with Gasteiger partial charge >= 0.3 is 5.97 Å². The lowest BCUT2D eigenvalue weighted by Gasteiger charge is -2.33. The van der Waals surface area contributed by atoms with Gasteiger partial charge in [0.15, 0.2) is 0 Å². The molecule has 0 saturated heterocycles. The van der Waals surface area contributed by atoms with Crippen molar-refractivity contribution in [1.82, 2.24) is 5.32 Å². The van der Waals surface area contributed by atoms with Crippen molar-refractivity contribution in [3.8, 4) is 0 Å². The zero-order chi connectivity index (χ0) is 15.1. The quantitative estimate of drug-likeness (QED) is 0.650. The smallest absolute Gasteiger partial charge is 0.325 e. The Labute approximate surface area is 117 Å². The maximum absolute atomic E-state index is 12.0. The van der Waals surface area contributed by atoms with Crippen molar-refractivity contribution in [2.24, 2.45) is 0 Å². The molecule has 0 amide bonds. The lowest BCUT2D eigenvalue weighted by molar-refractivity contribution is -0.150. The molecule has 0 aliphatic heterocycles. The van der Waals surface area contributed by atoms with Crippen LogP contribution in [-0.2, 0) is 19.0 Å². The molecule has 1 N–H and O–H groups in total. The molecule has 5 nitrogen and oxygen atoms in total. The Morgan fingerprint density at radius 3 is 2.16 bits per heavy atom. The van der Waals surface area contributed by atoms with E-state index in [9.17, 15) is 4.79 Å². The number of rotatable bonds is 9. The summed E-state index contributed by atoms with van der Waals surface area (Å²) in [4.78, 5) is 12.0. The Morgan fingerprint density at radius 2 is 1.74 bits per heavy atom. The van der Waals surface area contributed by atoms with E-state index in [0.717, 1.165) is 0 Å². The van der Waals surface area contributed by atoms with Crippen molar-refractivity contribution in [2.45, 2.75) is 64.8 Å². The van der Waals surface area contributed by atoms with Crippen LogP contribution in [0.15, 0.2) is 0 Å². The van der Waals surface area contributed by atoms with E-state index in [2.05, 4.69) is 5.32 Å². The van der Waals surface area contributed by atoms with Crippen LogP contribution in [0.25, 0.3) is 0 Å². The van der Waals surface area contributed by atoms with Crippen LogP contribution in [-0.4, -0.2) is 50.6 Å². The Hall–Kier alpha value is -0.650. The first kappa shape index (κ1) is 18.4. The Morgan fingerprint density at radius 1 is 1.16 bits per heavy atom. The van der Waals surface area contributed by atoms with Crippen molar-refractivity contribution < 1.29 is 19.0 Å². The SMILES string of the molecule is COCC(C)OC(C)CC(C)(NC(C)C)C(=O)OC. The standard InChI is InChI=1S/C14H29NO4/c1-10(2)15-14(5,13(16)18-7)8-11(3)19-12(4)9-17-6/h10-12,15H,8-9H2,1-7H3. The van der Waals surface area contributed by atoms with Crippen LogP contribution in [0.3, 0.4) is 0 Å². The molecular formula is C14H29NO4. The van der Waals surface area contributed by atoms with Gasteiger partial charge in [-0.2, -0.15) is 0 Å². The molecule has 5 heteroatoms. The van der Waals surface area contributed by atoms with Gasteiger partial charge in [-0.25, -0.2) is 0 Å². The third-order valence-corrected chi connectivity index (χ3v) is 2.80. The van der Waals surface area contributed by atoms with Gasteiger partial charge in [0.1, 0.15) is 5.54 Å². The fraction of sp³-hybridized carbons (Fsp3) is 0.929. The zero-order valence-corrected chi connectivity index (χ0v) is 13.3. The van der Waals surface area contributed by atoms with Gasteiger partial charge in [0.2, 0.25) is 0 Å². The molecule has 0 aromatic carbocycles. The van der Waals surface area contributed by atoms with Crippen molar-refractivity contribution in [2.75, 3.05) is 20.8 Å². The first-order valence-electron chi connectivity index (χ1n) is 6.75. The number of carbonyl (C=O) groups is 1. The van der Waals surface area contributed by atoms with E-state index >= 15 is 0 Å². The number of esters is 1. The summed E-state index contributed by atoms with van der Waals surface area (Å²) >= 11 is 0. The molecule has 0 aliphatic rings. The molecule has 0 bridgehead atoms. The molecule has 0 aliphatic carbocycles. The van der Waals surface area contributed by atoms with Gasteiger partial charge in [-0.15, -0.1) is 0 Å². The number of hydrogen-bond acceptors (Lipinski definition) is 5. The minimum Gasteiger partial charge on any atom is -0.468 e. The number of ether oxygens (including phenoxy) is 3. The highest BCUT2D eigenvalue weighted by molar-refractivity contribution is 5.80. The predicted octanol–water partition coefficient (Wildman–Crippen LogP) is 1.75. The maximum atomic E-state index is 12.0. The normalized spacial score (nSPS) is 17.9. The second-order valence-corrected chi connectivity index (χ2v) is 5.54. The molecule has 19 heavy (non-hydrogen) atoms. The molecule has 0 fully saturated rings. The topological polar surface area (TPSA) is 56.8 Å². The van der Waals surface area contributed by atoms with Crippen LogP contribution in [0.5, 0.6) is 0 Å². The monoisotopic (exact) mass is 275 g/mol. The molecule has 0 radical (unpaired) electrons. The fourth-order valence-electron chi connectivity index (χ4n) is 2.36. The lowest BCUT2D eigenvalue weighted by Crippen LogP contribution is -2.54. The van der Waals surface area contributed by atoms with Crippen LogP contribution in [0.4, 0.5) is 0 Å². The summed E-state index contributed by atoms with van der Waals surface area (Å²) in [5, 5.41) is 3.26. The summed E-state index contributed by atoms with van der Waals surface area (Å²) < 4.78 is 15.7. The molecule has 0 saturated carbocycles. The number of methoxy groups -OCH3 is 2. The average Bonchev–Trinajstić information content (AvgIpc) is 2.26. The fourth-order valence-corrected chi connectivity index (χ4v) is 2.36. The zero-order valence-electron chi connectivity index (χ0n) is 13.3. The van der Waals surface area contributed by atoms with Crippen LogP contribution in [0.1, 0.15) is 41.0 Å². The highest BCUT2D eigenvalue weighted by Gasteiger charge is 2.36. The van der Waals surface area contributed by atoms with E-state index < -0.39 is 5.54 Å². The first-order valence-corrected chi connectivity index (χ1v) is 6.75. The average molecular weight is 275 g/mol. The molecular weight excluding hydrogens is 246 g/mol. The summed E-state index contributed by atoms with van der Waals surface area (Å²) in [5.41, 5.74) is -0.741. The van der Waals surface area contributed by atoms with Gasteiger partial charge in [0.25, 0.3) is 0 Å². The lowest BCUT2D eigenvalue weighted by atomic mass is 9.93. The summed E-state index contributed by atoms with van der Waals surface area (Å²) in [7, 11) is 3.05. The minimum atomic E-state index is -0.741. The molecule has 0 aromatic rings. The summed E-state index contributed by atoms with van der Waals surface area (Å²) in [5.74, 6) is -0.268. The highest BCUT2D eigenvalue weighted by Crippen LogP contribution is 2.18. The maximum Gasteiger partial charge on any atom is 0.325 e. The van der Waals surface area contributed by atoms with E-state index in [1.807, 2.05) is 34.6 Å². The van der Waals surface area contributed by atoms with Gasteiger partial charge in [-0.1, -0.05) is 0 Å². The summed E-state index contributed by atoms with van der Waals surface area (Å²) in [6, 6.07) is 0.188. The molecule has 0 rings (SSSR count). The van der Waals surface area contributed by atoms with E-state index in [1.165, 1.54) is 7.11 Å². The Bertz CT molecular complexity index is 270. The Balaban J connectivity index is 4.59. The summed E-state index contributed by atoms with van der Waals surface area (Å²) in [6.45, 7) is 10.3. The molecule has 0 spiro atoms. The van der Waals surface area contributed by atoms with Gasteiger partial charge in [-0.05, 0) is 34.6 Å². The third-order valence-electron chi connectivity index (χ3n) is 2.80. The second kappa shape index (κ2) is 8.51. The van der Waals surface area contributed by atoms with E-state index in [0.29, 0.717) is 13.0 Å². The Kier molecular flexibility index (Phi) is 8.22. The number of nitrogens with one attached hydrogen (secondary N) is 1. The van der Waals surface area contributed by atoms with Crippen molar-refractivity contribution in [3.63, 3.8) is 0 Å². The van der Waals surface area contributed by atoms with Gasteiger partial charge < -0.3 is 14.2 Å². The van der Waals surface area contributed by atoms with Crippen molar-refractivity contribution in [3.05, 3.63) is 0 Å². The molecule has 0 aromatic heterocycles. The van der Waals surface area contributed by atoms with E-state index in [4.69, 9.17) is 14.2 Å². The number of carbonyl (C=O) groups excluding carboxylic acids is 1. The molecule has 114 valence electrons. The molecule has 0 heterocycles. The van der Waals surface area contributed by atoms with Gasteiger partial charge in [0.05, 0.1) is 25.9 Å². The van der Waals surface area contributed by atoms with Crippen molar-refractivity contribution in [1.29, 1.82) is 0 Å². The van der Waals surface area contributed by atoms with Gasteiger partial charge in [0, 0.05) is 19.6 Å². The third kappa shape index (κ3) is 6.89. The second-order valence-electron chi connectivity index (χ2n) is 5.54. The van der Waals surface area contributed by atoms with Crippen LogP contribution >= 0.6 is 0 Å². The van der Waals surface area contributed by atoms with Crippen molar-refractivity contribution >= 4 is 5.97 Å². The van der Waals surface area contributed by atoms with E-state index in [-0.39, 0.29) is 24.2 Å².